The van der Waals surface area contributed by atoms with Gasteiger partial charge in [-0.2, -0.15) is 13.2 Å². The van der Waals surface area contributed by atoms with Crippen molar-refractivity contribution in [3.05, 3.63) is 23.9 Å². The van der Waals surface area contributed by atoms with Crippen molar-refractivity contribution in [1.82, 2.24) is 20.5 Å². The van der Waals surface area contributed by atoms with Crippen molar-refractivity contribution in [1.29, 1.82) is 0 Å². The van der Waals surface area contributed by atoms with Crippen LogP contribution in [-0.4, -0.2) is 76.4 Å². The highest BCUT2D eigenvalue weighted by atomic mass is 19.4. The number of rotatable bonds is 11. The number of alkyl halides is 3. The van der Waals surface area contributed by atoms with E-state index in [1.807, 2.05) is 7.05 Å². The zero-order valence-electron chi connectivity index (χ0n) is 16.0. The number of methoxy groups -OCH3 is 1. The van der Waals surface area contributed by atoms with Crippen molar-refractivity contribution in [3.63, 3.8) is 0 Å². The van der Waals surface area contributed by atoms with Gasteiger partial charge in [-0.05, 0) is 19.5 Å². The summed E-state index contributed by atoms with van der Waals surface area (Å²) in [4.78, 5) is 9.95. The van der Waals surface area contributed by atoms with Crippen LogP contribution in [0, 0.1) is 0 Å². The first-order valence-corrected chi connectivity index (χ1v) is 8.65. The van der Waals surface area contributed by atoms with Crippen LogP contribution in [0.15, 0.2) is 23.3 Å². The van der Waals surface area contributed by atoms with Gasteiger partial charge in [-0.3, -0.25) is 4.99 Å². The molecule has 0 aliphatic rings. The number of hydrogen-bond acceptors (Lipinski definition) is 5. The van der Waals surface area contributed by atoms with Gasteiger partial charge in [-0.15, -0.1) is 0 Å². The summed E-state index contributed by atoms with van der Waals surface area (Å²) in [6.07, 6.45) is -2.66. The Labute approximate surface area is 158 Å². The topological polar surface area (TPSA) is 71.0 Å². The fraction of sp³-hybridized carbons (Fsp3) is 0.647. The number of aromatic nitrogens is 1. The minimum Gasteiger partial charge on any atom is -0.476 e. The van der Waals surface area contributed by atoms with Gasteiger partial charge < -0.3 is 25.0 Å². The zero-order valence-corrected chi connectivity index (χ0v) is 16.0. The molecule has 0 fully saturated rings. The molecule has 0 atom stereocenters. The lowest BCUT2D eigenvalue weighted by molar-refractivity contribution is -0.137. The minimum absolute atomic E-state index is 0.144. The first-order chi connectivity index (χ1) is 12.9. The van der Waals surface area contributed by atoms with Gasteiger partial charge in [-0.25, -0.2) is 4.98 Å². The molecule has 10 heteroatoms. The summed E-state index contributed by atoms with van der Waals surface area (Å²) in [7, 11) is 5.39. The van der Waals surface area contributed by atoms with Crippen LogP contribution in [0.1, 0.15) is 12.0 Å². The van der Waals surface area contributed by atoms with E-state index in [0.717, 1.165) is 44.9 Å². The van der Waals surface area contributed by atoms with Gasteiger partial charge in [0, 0.05) is 52.7 Å². The third kappa shape index (κ3) is 10.00. The Morgan fingerprint density at radius 3 is 2.52 bits per heavy atom. The average molecular weight is 391 g/mol. The molecular formula is C17H28F3N5O2. The Hall–Kier alpha value is -2.07. The number of aliphatic imine (C=N–C) groups is 1. The Kier molecular flexibility index (Phi) is 10.5. The fourth-order valence-electron chi connectivity index (χ4n) is 2.13. The average Bonchev–Trinajstić information content (AvgIpc) is 2.63. The van der Waals surface area contributed by atoms with Gasteiger partial charge in [0.25, 0.3) is 0 Å². The molecule has 0 amide bonds. The summed E-state index contributed by atoms with van der Waals surface area (Å²) in [6, 6.07) is 2.15. The normalized spacial score (nSPS) is 12.3. The van der Waals surface area contributed by atoms with E-state index < -0.39 is 11.7 Å². The van der Waals surface area contributed by atoms with Crippen LogP contribution >= 0.6 is 0 Å². The first-order valence-electron chi connectivity index (χ1n) is 8.65. The number of likely N-dealkylation sites (N-methyl/N-ethyl adjacent to an activating group) is 1. The Balaban J connectivity index is 2.20. The third-order valence-electron chi connectivity index (χ3n) is 3.61. The smallest absolute Gasteiger partial charge is 0.417 e. The maximum atomic E-state index is 12.5. The second-order valence-electron chi connectivity index (χ2n) is 5.81. The van der Waals surface area contributed by atoms with Crippen LogP contribution < -0.4 is 15.4 Å². The van der Waals surface area contributed by atoms with E-state index >= 15 is 0 Å². The summed E-state index contributed by atoms with van der Waals surface area (Å²) in [6.45, 7) is 3.97. The van der Waals surface area contributed by atoms with Crippen LogP contribution in [0.5, 0.6) is 5.88 Å². The lowest BCUT2D eigenvalue weighted by atomic mass is 10.3. The van der Waals surface area contributed by atoms with Crippen LogP contribution in [-0.2, 0) is 10.9 Å². The van der Waals surface area contributed by atoms with E-state index in [9.17, 15) is 13.2 Å². The molecule has 1 rings (SSSR count). The molecule has 0 aromatic carbocycles. The Morgan fingerprint density at radius 1 is 1.19 bits per heavy atom. The lowest BCUT2D eigenvalue weighted by Gasteiger charge is -2.18. The quantitative estimate of drug-likeness (QED) is 0.339. The molecule has 0 bridgehead atoms. The summed E-state index contributed by atoms with van der Waals surface area (Å²) < 4.78 is 47.7. The highest BCUT2D eigenvalue weighted by molar-refractivity contribution is 5.79. The van der Waals surface area contributed by atoms with Crippen molar-refractivity contribution in [2.24, 2.45) is 4.99 Å². The van der Waals surface area contributed by atoms with Crippen molar-refractivity contribution >= 4 is 5.96 Å². The van der Waals surface area contributed by atoms with E-state index in [2.05, 4.69) is 25.5 Å². The molecule has 1 aromatic rings. The SMILES string of the molecule is CN=C(NCCOc1ccc(C(F)(F)F)cn1)NCCN(C)CCCOC. The molecule has 0 aliphatic carbocycles. The fourth-order valence-corrected chi connectivity index (χ4v) is 2.13. The van der Waals surface area contributed by atoms with Crippen molar-refractivity contribution in [3.8, 4) is 5.88 Å². The van der Waals surface area contributed by atoms with E-state index in [1.165, 1.54) is 6.07 Å². The zero-order chi connectivity index (χ0) is 20.1. The van der Waals surface area contributed by atoms with Gasteiger partial charge in [0.2, 0.25) is 5.88 Å². The maximum absolute atomic E-state index is 12.5. The van der Waals surface area contributed by atoms with E-state index in [4.69, 9.17) is 9.47 Å². The molecule has 0 spiro atoms. The van der Waals surface area contributed by atoms with Gasteiger partial charge in [0.1, 0.15) is 6.61 Å². The molecule has 2 N–H and O–H groups in total. The number of ether oxygens (including phenoxy) is 2. The van der Waals surface area contributed by atoms with Crippen LogP contribution in [0.2, 0.25) is 0 Å². The summed E-state index contributed by atoms with van der Waals surface area (Å²) >= 11 is 0. The number of pyridine rings is 1. The molecule has 0 saturated carbocycles. The molecule has 27 heavy (non-hydrogen) atoms. The predicted octanol–water partition coefficient (Wildman–Crippen LogP) is 1.61. The Morgan fingerprint density at radius 2 is 1.93 bits per heavy atom. The lowest BCUT2D eigenvalue weighted by Crippen LogP contribution is -2.42. The summed E-state index contributed by atoms with van der Waals surface area (Å²) in [5.41, 5.74) is -0.801. The molecule has 0 saturated heterocycles. The monoisotopic (exact) mass is 391 g/mol. The van der Waals surface area contributed by atoms with Gasteiger partial charge in [-0.1, -0.05) is 0 Å². The number of hydrogen-bond donors (Lipinski definition) is 2. The number of guanidine groups is 1. The molecule has 1 heterocycles. The van der Waals surface area contributed by atoms with Crippen molar-refractivity contribution in [2.75, 3.05) is 60.6 Å². The van der Waals surface area contributed by atoms with Crippen molar-refractivity contribution < 1.29 is 22.6 Å². The largest absolute Gasteiger partial charge is 0.476 e. The second-order valence-corrected chi connectivity index (χ2v) is 5.81. The number of nitrogens with one attached hydrogen (secondary N) is 2. The van der Waals surface area contributed by atoms with Gasteiger partial charge >= 0.3 is 6.18 Å². The molecule has 1 aromatic heterocycles. The predicted molar refractivity (Wildman–Crippen MR) is 98.1 cm³/mol. The molecule has 7 nitrogen and oxygen atoms in total. The summed E-state index contributed by atoms with van der Waals surface area (Å²) in [5, 5.41) is 6.25. The first kappa shape index (κ1) is 23.0. The van der Waals surface area contributed by atoms with Crippen LogP contribution in [0.25, 0.3) is 0 Å². The Bertz CT molecular complexity index is 552. The highest BCUT2D eigenvalue weighted by Gasteiger charge is 2.30. The van der Waals surface area contributed by atoms with Crippen LogP contribution in [0.4, 0.5) is 13.2 Å². The molecule has 154 valence electrons. The van der Waals surface area contributed by atoms with E-state index in [0.29, 0.717) is 12.5 Å². The molecule has 0 unspecified atom stereocenters. The van der Waals surface area contributed by atoms with E-state index in [-0.39, 0.29) is 12.5 Å². The highest BCUT2D eigenvalue weighted by Crippen LogP contribution is 2.29. The standard InChI is InChI=1S/C17H28F3N5O2/c1-21-16(22-7-10-25(2)9-4-11-26-3)23-8-12-27-15-6-5-14(13-24-15)17(18,19)20/h5-6,13H,4,7-12H2,1-3H3,(H2,21,22,23). The van der Waals surface area contributed by atoms with Gasteiger partial charge in [0.05, 0.1) is 12.1 Å². The molecule has 0 aliphatic heterocycles. The van der Waals surface area contributed by atoms with E-state index in [1.54, 1.807) is 14.2 Å². The van der Waals surface area contributed by atoms with Crippen molar-refractivity contribution in [2.45, 2.75) is 12.6 Å². The van der Waals surface area contributed by atoms with Gasteiger partial charge in [0.15, 0.2) is 5.96 Å². The minimum atomic E-state index is -4.40. The third-order valence-corrected chi connectivity index (χ3v) is 3.61. The maximum Gasteiger partial charge on any atom is 0.417 e. The second kappa shape index (κ2) is 12.3. The number of halogens is 3. The molecule has 0 radical (unpaired) electrons. The molecular weight excluding hydrogens is 363 g/mol. The van der Waals surface area contributed by atoms with Crippen LogP contribution in [0.3, 0.4) is 0 Å². The number of nitrogens with zero attached hydrogens (tertiary/aromatic N) is 3. The summed E-state index contributed by atoms with van der Waals surface area (Å²) in [5.74, 6) is 0.773.